The molecule has 1 unspecified atom stereocenters. The second-order valence-corrected chi connectivity index (χ2v) is 7.10. The minimum absolute atomic E-state index is 0.0175. The van der Waals surface area contributed by atoms with Crippen molar-refractivity contribution in [1.29, 1.82) is 0 Å². The molecule has 0 bridgehead atoms. The third-order valence-electron chi connectivity index (χ3n) is 4.79. The van der Waals surface area contributed by atoms with Crippen LogP contribution in [0.5, 0.6) is 11.5 Å². The third kappa shape index (κ3) is 4.97. The lowest BCUT2D eigenvalue weighted by molar-refractivity contribution is -0.137. The summed E-state index contributed by atoms with van der Waals surface area (Å²) in [6, 6.07) is 13.6. The van der Waals surface area contributed by atoms with Crippen molar-refractivity contribution in [3.8, 4) is 11.5 Å². The highest BCUT2D eigenvalue weighted by molar-refractivity contribution is 5.67. The Labute approximate surface area is 152 Å². The van der Waals surface area contributed by atoms with Gasteiger partial charge < -0.3 is 14.6 Å². The topological polar surface area (TPSA) is 55.8 Å². The average molecular weight is 358 g/mol. The molecule has 1 fully saturated rings. The fourth-order valence-corrected chi connectivity index (χ4v) is 2.78. The van der Waals surface area contributed by atoms with Crippen LogP contribution in [-0.2, 0) is 4.79 Å². The predicted molar refractivity (Wildman–Crippen MR) is 96.2 cm³/mol. The van der Waals surface area contributed by atoms with Gasteiger partial charge in [-0.3, -0.25) is 4.79 Å². The maximum atomic E-state index is 12.9. The molecule has 2 aromatic carbocycles. The number of aliphatic carboxylic acids is 1. The monoisotopic (exact) mass is 358 g/mol. The van der Waals surface area contributed by atoms with E-state index < -0.39 is 5.97 Å². The quantitative estimate of drug-likeness (QED) is 0.709. The number of carboxylic acid groups (broad SMARTS) is 1. The summed E-state index contributed by atoms with van der Waals surface area (Å²) >= 11 is 0. The van der Waals surface area contributed by atoms with Gasteiger partial charge in [0.1, 0.15) is 17.3 Å². The first-order valence-corrected chi connectivity index (χ1v) is 8.79. The zero-order valence-corrected chi connectivity index (χ0v) is 14.8. The molecule has 0 saturated heterocycles. The Bertz CT molecular complexity index is 736. The van der Waals surface area contributed by atoms with E-state index in [1.54, 1.807) is 12.1 Å². The van der Waals surface area contributed by atoms with Gasteiger partial charge >= 0.3 is 5.97 Å². The number of halogens is 1. The van der Waals surface area contributed by atoms with E-state index in [0.717, 1.165) is 24.2 Å². The molecule has 2 aromatic rings. The first kappa shape index (κ1) is 18.2. The Balaban J connectivity index is 1.48. The van der Waals surface area contributed by atoms with Crippen LogP contribution in [0.2, 0.25) is 0 Å². The Morgan fingerprint density at radius 1 is 1.04 bits per heavy atom. The van der Waals surface area contributed by atoms with Gasteiger partial charge in [0, 0.05) is 5.41 Å². The van der Waals surface area contributed by atoms with Crippen molar-refractivity contribution in [3.05, 3.63) is 59.9 Å². The van der Waals surface area contributed by atoms with E-state index in [9.17, 15) is 9.18 Å². The van der Waals surface area contributed by atoms with Crippen molar-refractivity contribution in [2.45, 2.75) is 32.1 Å². The van der Waals surface area contributed by atoms with Crippen LogP contribution in [-0.4, -0.2) is 24.3 Å². The first-order chi connectivity index (χ1) is 12.5. The van der Waals surface area contributed by atoms with Crippen LogP contribution in [0.25, 0.3) is 0 Å². The van der Waals surface area contributed by atoms with E-state index in [-0.39, 0.29) is 23.6 Å². The van der Waals surface area contributed by atoms with Crippen molar-refractivity contribution in [2.75, 3.05) is 13.2 Å². The van der Waals surface area contributed by atoms with E-state index in [2.05, 4.69) is 0 Å². The van der Waals surface area contributed by atoms with Gasteiger partial charge in [0.05, 0.1) is 19.6 Å². The van der Waals surface area contributed by atoms with Crippen molar-refractivity contribution in [3.63, 3.8) is 0 Å². The number of rotatable bonds is 9. The summed E-state index contributed by atoms with van der Waals surface area (Å²) < 4.78 is 24.6. The number of carboxylic acids is 1. The smallest absolute Gasteiger partial charge is 0.303 e. The Morgan fingerprint density at radius 2 is 1.54 bits per heavy atom. The van der Waals surface area contributed by atoms with Crippen molar-refractivity contribution in [2.24, 2.45) is 5.41 Å². The summed E-state index contributed by atoms with van der Waals surface area (Å²) in [6.45, 7) is 3.01. The summed E-state index contributed by atoms with van der Waals surface area (Å²) in [5.41, 5.74) is 1.00. The SMILES string of the molecule is CC(CC(=O)O)c1ccc(OCC2(COc3ccc(F)cc3)CC2)cc1. The highest BCUT2D eigenvalue weighted by atomic mass is 19.1. The van der Waals surface area contributed by atoms with Crippen LogP contribution in [0.4, 0.5) is 4.39 Å². The van der Waals surface area contributed by atoms with Gasteiger partial charge in [0.25, 0.3) is 0 Å². The second-order valence-electron chi connectivity index (χ2n) is 7.10. The number of hydrogen-bond donors (Lipinski definition) is 1. The van der Waals surface area contributed by atoms with Crippen LogP contribution < -0.4 is 9.47 Å². The van der Waals surface area contributed by atoms with E-state index in [0.29, 0.717) is 19.0 Å². The molecule has 0 amide bonds. The number of benzene rings is 2. The molecular formula is C21H23FO4. The maximum absolute atomic E-state index is 12.9. The molecule has 0 aliphatic heterocycles. The maximum Gasteiger partial charge on any atom is 0.303 e. The van der Waals surface area contributed by atoms with E-state index >= 15 is 0 Å². The zero-order valence-electron chi connectivity index (χ0n) is 14.8. The van der Waals surface area contributed by atoms with Gasteiger partial charge in [-0.1, -0.05) is 19.1 Å². The summed E-state index contributed by atoms with van der Waals surface area (Å²) in [5, 5.41) is 8.87. The van der Waals surface area contributed by atoms with Gasteiger partial charge in [-0.2, -0.15) is 0 Å². The average Bonchev–Trinajstić information content (AvgIpc) is 3.40. The molecule has 1 aliphatic rings. The van der Waals surface area contributed by atoms with Gasteiger partial charge in [-0.25, -0.2) is 4.39 Å². The van der Waals surface area contributed by atoms with Gasteiger partial charge in [-0.15, -0.1) is 0 Å². The highest BCUT2D eigenvalue weighted by Gasteiger charge is 2.44. The molecule has 0 radical (unpaired) electrons. The lowest BCUT2D eigenvalue weighted by atomic mass is 9.98. The molecule has 1 saturated carbocycles. The third-order valence-corrected chi connectivity index (χ3v) is 4.79. The highest BCUT2D eigenvalue weighted by Crippen LogP contribution is 2.46. The molecule has 0 spiro atoms. The molecule has 26 heavy (non-hydrogen) atoms. The second kappa shape index (κ2) is 7.77. The summed E-state index contributed by atoms with van der Waals surface area (Å²) in [6.07, 6.45) is 2.20. The molecule has 1 atom stereocenters. The van der Waals surface area contributed by atoms with Gasteiger partial charge in [0.2, 0.25) is 0 Å². The molecule has 138 valence electrons. The molecule has 0 aromatic heterocycles. The predicted octanol–water partition coefficient (Wildman–Crippen LogP) is 4.64. The molecule has 1 N–H and O–H groups in total. The van der Waals surface area contributed by atoms with E-state index in [4.69, 9.17) is 14.6 Å². The fraction of sp³-hybridized carbons (Fsp3) is 0.381. The van der Waals surface area contributed by atoms with Gasteiger partial charge in [-0.05, 0) is 60.7 Å². The summed E-state index contributed by atoms with van der Waals surface area (Å²) in [5.74, 6) is 0.330. The Hall–Kier alpha value is -2.56. The van der Waals surface area contributed by atoms with Crippen LogP contribution in [0.3, 0.4) is 0 Å². The molecule has 4 nitrogen and oxygen atoms in total. The van der Waals surface area contributed by atoms with E-state index in [1.165, 1.54) is 12.1 Å². The van der Waals surface area contributed by atoms with Crippen LogP contribution >= 0.6 is 0 Å². The zero-order chi connectivity index (χ0) is 18.6. The molecule has 3 rings (SSSR count). The standard InChI is InChI=1S/C21H23FO4/c1-15(12-20(23)24)16-2-6-18(7-3-16)25-13-21(10-11-21)14-26-19-8-4-17(22)5-9-19/h2-9,15H,10-14H2,1H3,(H,23,24). The lowest BCUT2D eigenvalue weighted by Crippen LogP contribution is -2.21. The normalized spacial score (nSPS) is 15.9. The largest absolute Gasteiger partial charge is 0.493 e. The molecule has 1 aliphatic carbocycles. The lowest BCUT2D eigenvalue weighted by Gasteiger charge is -2.18. The molecule has 5 heteroatoms. The first-order valence-electron chi connectivity index (χ1n) is 8.79. The summed E-state index contributed by atoms with van der Waals surface area (Å²) in [4.78, 5) is 10.8. The Morgan fingerprint density at radius 3 is 2.00 bits per heavy atom. The number of carbonyl (C=O) groups is 1. The fourth-order valence-electron chi connectivity index (χ4n) is 2.78. The molecule has 0 heterocycles. The van der Waals surface area contributed by atoms with Crippen molar-refractivity contribution < 1.29 is 23.8 Å². The van der Waals surface area contributed by atoms with Crippen LogP contribution in [0.1, 0.15) is 37.7 Å². The van der Waals surface area contributed by atoms with Crippen LogP contribution in [0.15, 0.2) is 48.5 Å². The Kier molecular flexibility index (Phi) is 5.45. The van der Waals surface area contributed by atoms with Gasteiger partial charge in [0.15, 0.2) is 0 Å². The van der Waals surface area contributed by atoms with Crippen LogP contribution in [0, 0.1) is 11.2 Å². The molecular weight excluding hydrogens is 335 g/mol. The number of hydrogen-bond acceptors (Lipinski definition) is 3. The van der Waals surface area contributed by atoms with Crippen molar-refractivity contribution >= 4 is 5.97 Å². The summed E-state index contributed by atoms with van der Waals surface area (Å²) in [7, 11) is 0. The minimum Gasteiger partial charge on any atom is -0.493 e. The minimum atomic E-state index is -0.797. The number of ether oxygens (including phenoxy) is 2. The van der Waals surface area contributed by atoms with Crippen molar-refractivity contribution in [1.82, 2.24) is 0 Å². The van der Waals surface area contributed by atoms with E-state index in [1.807, 2.05) is 31.2 Å².